The Morgan fingerprint density at radius 3 is 1.94 bits per heavy atom. The van der Waals surface area contributed by atoms with Crippen LogP contribution in [0.3, 0.4) is 0 Å². The number of benzene rings is 2. The maximum absolute atomic E-state index is 14.1. The summed E-state index contributed by atoms with van der Waals surface area (Å²) in [5, 5.41) is 28.9. The van der Waals surface area contributed by atoms with Crippen molar-refractivity contribution in [2.75, 3.05) is 0 Å². The molecule has 0 spiro atoms. The zero-order valence-corrected chi connectivity index (χ0v) is 26.1. The number of hydrogen-bond acceptors (Lipinski definition) is 9. The molecule has 0 saturated carbocycles. The van der Waals surface area contributed by atoms with Crippen LogP contribution >= 0.6 is 0 Å². The van der Waals surface area contributed by atoms with E-state index in [4.69, 9.17) is 4.52 Å². The fraction of sp³-hybridized carbons (Fsp3) is 0.212. The van der Waals surface area contributed by atoms with E-state index in [1.165, 1.54) is 12.3 Å². The zero-order valence-electron chi connectivity index (χ0n) is 26.1. The van der Waals surface area contributed by atoms with E-state index in [-0.39, 0.29) is 35.1 Å². The lowest BCUT2D eigenvalue weighted by Crippen LogP contribution is -2.10. The van der Waals surface area contributed by atoms with E-state index < -0.39 is 29.1 Å². The summed E-state index contributed by atoms with van der Waals surface area (Å²) >= 11 is 0. The SMILES string of the molecule is CC(C)c1nnc2ccc(-c3cnoc3-c3ccc(F)cc3F)nn12.CC(C)c1nnc2ccc(CC(=O)c3ccc(F)cc3F)nn12. The largest absolute Gasteiger partial charge is 0.355 e. The minimum absolute atomic E-state index is 0.0891. The fourth-order valence-corrected chi connectivity index (χ4v) is 4.87. The molecule has 0 radical (unpaired) electrons. The highest BCUT2D eigenvalue weighted by Gasteiger charge is 2.20. The summed E-state index contributed by atoms with van der Waals surface area (Å²) in [5.41, 5.74) is 2.64. The molecule has 2 aromatic carbocycles. The van der Waals surface area contributed by atoms with Crippen LogP contribution in [0.5, 0.6) is 0 Å². The van der Waals surface area contributed by atoms with Crippen LogP contribution in [0.2, 0.25) is 0 Å². The van der Waals surface area contributed by atoms with Crippen molar-refractivity contribution in [3.63, 3.8) is 0 Å². The molecule has 0 N–H and O–H groups in total. The predicted octanol–water partition coefficient (Wildman–Crippen LogP) is 6.80. The maximum atomic E-state index is 14.1. The van der Waals surface area contributed by atoms with Gasteiger partial charge in [0.05, 0.1) is 40.7 Å². The summed E-state index contributed by atoms with van der Waals surface area (Å²) in [6.07, 6.45) is 1.36. The molecule has 0 aliphatic heterocycles. The molecule has 0 unspecified atom stereocenters. The molecule has 0 amide bonds. The molecule has 5 heterocycles. The van der Waals surface area contributed by atoms with Gasteiger partial charge in [0.2, 0.25) is 0 Å². The number of hydrogen-bond donors (Lipinski definition) is 0. The van der Waals surface area contributed by atoms with E-state index in [1.807, 2.05) is 27.7 Å². The van der Waals surface area contributed by atoms with E-state index in [0.717, 1.165) is 24.3 Å². The first-order valence-electron chi connectivity index (χ1n) is 14.8. The van der Waals surface area contributed by atoms with E-state index in [0.29, 0.717) is 46.0 Å². The number of aromatic nitrogens is 9. The van der Waals surface area contributed by atoms with Gasteiger partial charge in [-0.3, -0.25) is 4.79 Å². The first-order chi connectivity index (χ1) is 23.0. The van der Waals surface area contributed by atoms with Crippen LogP contribution < -0.4 is 0 Å². The third-order valence-corrected chi connectivity index (χ3v) is 7.26. The minimum atomic E-state index is -0.872. The molecule has 48 heavy (non-hydrogen) atoms. The average Bonchev–Trinajstić information content (AvgIpc) is 3.79. The van der Waals surface area contributed by atoms with Gasteiger partial charge in [0, 0.05) is 24.0 Å². The highest BCUT2D eigenvalue weighted by atomic mass is 19.1. The van der Waals surface area contributed by atoms with E-state index >= 15 is 0 Å². The van der Waals surface area contributed by atoms with Crippen molar-refractivity contribution in [2.24, 2.45) is 0 Å². The number of fused-ring (bicyclic) bond motifs is 2. The fourth-order valence-electron chi connectivity index (χ4n) is 4.87. The molecular formula is C33H27F4N9O2. The number of ketones is 1. The van der Waals surface area contributed by atoms with Gasteiger partial charge >= 0.3 is 0 Å². The predicted molar refractivity (Wildman–Crippen MR) is 165 cm³/mol. The monoisotopic (exact) mass is 657 g/mol. The van der Waals surface area contributed by atoms with Gasteiger partial charge < -0.3 is 4.52 Å². The summed E-state index contributed by atoms with van der Waals surface area (Å²) in [5.74, 6) is -1.61. The molecule has 0 saturated heterocycles. The van der Waals surface area contributed by atoms with E-state index in [9.17, 15) is 22.4 Å². The van der Waals surface area contributed by atoms with Gasteiger partial charge in [-0.2, -0.15) is 19.2 Å². The van der Waals surface area contributed by atoms with E-state index in [1.54, 1.807) is 33.3 Å². The summed E-state index contributed by atoms with van der Waals surface area (Å²) < 4.78 is 62.3. The van der Waals surface area contributed by atoms with Crippen molar-refractivity contribution in [1.29, 1.82) is 0 Å². The normalized spacial score (nSPS) is 11.5. The number of rotatable bonds is 7. The lowest BCUT2D eigenvalue weighted by atomic mass is 10.1. The van der Waals surface area contributed by atoms with Gasteiger partial charge in [-0.1, -0.05) is 32.9 Å². The Morgan fingerprint density at radius 2 is 1.31 bits per heavy atom. The Bertz CT molecular complexity index is 2280. The first kappa shape index (κ1) is 32.1. The molecule has 11 nitrogen and oxygen atoms in total. The highest BCUT2D eigenvalue weighted by molar-refractivity contribution is 5.97. The molecule has 0 aliphatic rings. The third kappa shape index (κ3) is 6.38. The second-order valence-electron chi connectivity index (χ2n) is 11.4. The maximum Gasteiger partial charge on any atom is 0.179 e. The van der Waals surface area contributed by atoms with Crippen LogP contribution in [0.1, 0.15) is 67.2 Å². The molecule has 0 bridgehead atoms. The number of halogens is 4. The Morgan fingerprint density at radius 1 is 0.708 bits per heavy atom. The lowest BCUT2D eigenvalue weighted by Gasteiger charge is -2.05. The van der Waals surface area contributed by atoms with Crippen LogP contribution in [0.4, 0.5) is 17.6 Å². The molecule has 7 rings (SSSR count). The molecular weight excluding hydrogens is 630 g/mol. The van der Waals surface area contributed by atoms with Gasteiger partial charge in [0.1, 0.15) is 23.3 Å². The molecule has 5 aromatic heterocycles. The minimum Gasteiger partial charge on any atom is -0.355 e. The van der Waals surface area contributed by atoms with Crippen LogP contribution in [0.25, 0.3) is 33.9 Å². The Balaban J connectivity index is 0.000000168. The number of carbonyl (C=O) groups excluding carboxylic acids is 1. The summed E-state index contributed by atoms with van der Waals surface area (Å²) in [7, 11) is 0. The van der Waals surface area contributed by atoms with Gasteiger partial charge in [-0.05, 0) is 48.5 Å². The highest BCUT2D eigenvalue weighted by Crippen LogP contribution is 2.33. The summed E-state index contributed by atoms with van der Waals surface area (Å²) in [6, 6.07) is 13.0. The molecule has 244 valence electrons. The van der Waals surface area contributed by atoms with Crippen LogP contribution in [-0.2, 0) is 6.42 Å². The van der Waals surface area contributed by atoms with Gasteiger partial charge in [0.15, 0.2) is 34.5 Å². The van der Waals surface area contributed by atoms with Crippen molar-refractivity contribution in [3.05, 3.63) is 113 Å². The van der Waals surface area contributed by atoms with Crippen LogP contribution in [0, 0.1) is 23.3 Å². The van der Waals surface area contributed by atoms with Crippen molar-refractivity contribution in [3.8, 4) is 22.6 Å². The van der Waals surface area contributed by atoms with E-state index in [2.05, 4.69) is 35.7 Å². The quantitative estimate of drug-likeness (QED) is 0.134. The molecule has 0 fully saturated rings. The smallest absolute Gasteiger partial charge is 0.179 e. The van der Waals surface area contributed by atoms with Crippen LogP contribution in [-0.4, -0.2) is 50.6 Å². The summed E-state index contributed by atoms with van der Waals surface area (Å²) in [4.78, 5) is 12.2. The van der Waals surface area contributed by atoms with Gasteiger partial charge in [-0.15, -0.1) is 20.4 Å². The van der Waals surface area contributed by atoms with Crippen molar-refractivity contribution >= 4 is 17.1 Å². The topological polar surface area (TPSA) is 129 Å². The third-order valence-electron chi connectivity index (χ3n) is 7.26. The van der Waals surface area contributed by atoms with Gasteiger partial charge in [-0.25, -0.2) is 17.6 Å². The standard InChI is InChI=1S/C17H13F2N5O.C16H14F2N4O/c1-9(2)17-22-21-15-6-5-14(23-24(15)17)12-8-20-25-16(12)11-4-3-10(18)7-13(11)19;1-9(2)16-20-19-15-6-4-11(21-22(15)16)8-14(23)12-5-3-10(17)7-13(12)18/h3-9H,1-2H3;3-7,9H,8H2,1-2H3. The summed E-state index contributed by atoms with van der Waals surface area (Å²) in [6.45, 7) is 7.90. The van der Waals surface area contributed by atoms with Crippen LogP contribution in [0.15, 0.2) is 71.4 Å². The molecule has 15 heteroatoms. The number of Topliss-reactive ketones (excluding diaryl/α,β-unsaturated/α-hetero) is 1. The number of carbonyl (C=O) groups is 1. The Labute approximate surface area is 270 Å². The molecule has 0 atom stereocenters. The lowest BCUT2D eigenvalue weighted by molar-refractivity contribution is 0.0987. The molecule has 7 aromatic rings. The molecule has 0 aliphatic carbocycles. The van der Waals surface area contributed by atoms with Crippen molar-refractivity contribution in [2.45, 2.75) is 46.0 Å². The van der Waals surface area contributed by atoms with Crippen molar-refractivity contribution in [1.82, 2.24) is 44.8 Å². The Hall–Kier alpha value is -5.86. The second kappa shape index (κ2) is 13.1. The zero-order chi connectivity index (χ0) is 34.1. The first-order valence-corrected chi connectivity index (χ1v) is 14.8. The Kier molecular flexibility index (Phi) is 8.76. The van der Waals surface area contributed by atoms with Gasteiger partial charge in [0.25, 0.3) is 0 Å². The second-order valence-corrected chi connectivity index (χ2v) is 11.4. The average molecular weight is 658 g/mol. The van der Waals surface area contributed by atoms with Crippen molar-refractivity contribution < 1.29 is 26.9 Å². The number of nitrogens with zero attached hydrogens (tertiary/aromatic N) is 9.